The van der Waals surface area contributed by atoms with Crippen LogP contribution >= 0.6 is 11.3 Å². The van der Waals surface area contributed by atoms with Crippen LogP contribution in [-0.4, -0.2) is 46.6 Å². The molecule has 7 heteroatoms. The largest absolute Gasteiger partial charge is 0.481 e. The lowest BCUT2D eigenvalue weighted by atomic mass is 9.82. The van der Waals surface area contributed by atoms with Gasteiger partial charge < -0.3 is 20.1 Å². The number of hydrogen-bond acceptors (Lipinski definition) is 5. The fourth-order valence-corrected chi connectivity index (χ4v) is 12.6. The summed E-state index contributed by atoms with van der Waals surface area (Å²) in [5.41, 5.74) is 0. The van der Waals surface area contributed by atoms with E-state index in [-0.39, 0.29) is 24.2 Å². The van der Waals surface area contributed by atoms with Gasteiger partial charge in [-0.25, -0.2) is 0 Å². The molecule has 1 aliphatic carbocycles. The first kappa shape index (κ1) is 34.3. The van der Waals surface area contributed by atoms with Gasteiger partial charge in [0.2, 0.25) is 0 Å². The van der Waals surface area contributed by atoms with Gasteiger partial charge >= 0.3 is 5.97 Å². The number of hydrogen-bond donors (Lipinski definition) is 4. The van der Waals surface area contributed by atoms with Gasteiger partial charge in [-0.15, -0.1) is 11.3 Å². The SMILES string of the molecule is CC(C)(C[C@H](CC[C@@H]1[C@@H](C/C=C\CCCC(=O)O)[C@@H](O)C[C@H]1O)c1cc2ccccc2s1)[Si](O)(c1ccccc1)c1ccccc1. The Morgan fingerprint density at radius 2 is 1.52 bits per heavy atom. The number of fused-ring (bicyclic) bond motifs is 1. The number of benzene rings is 3. The second-order valence-corrected chi connectivity index (χ2v) is 18.7. The molecule has 0 amide bonds. The van der Waals surface area contributed by atoms with Gasteiger partial charge in [0.25, 0.3) is 8.32 Å². The van der Waals surface area contributed by atoms with Crippen molar-refractivity contribution in [3.63, 3.8) is 0 Å². The standard InChI is InChI=1S/C39H48O5SSi/c1-39(2,46(44,30-16-7-5-8-17-30)31-18-9-6-10-19-31)27-29(37-25-28-15-13-14-21-36(28)45-37)23-24-33-32(34(40)26-35(33)41)20-11-3-4-12-22-38(42)43/h3,5-11,13-19,21,25,29,32-35,40-41,44H,4,12,20,22-24,26-27H2,1-2H3,(H,42,43)/b11-3-/t29-,32+,33+,34-,35+/m0/s1. The van der Waals surface area contributed by atoms with Gasteiger partial charge in [0.15, 0.2) is 0 Å². The number of aliphatic hydroxyl groups excluding tert-OH is 2. The van der Waals surface area contributed by atoms with Crippen LogP contribution in [0.25, 0.3) is 10.1 Å². The highest BCUT2D eigenvalue weighted by molar-refractivity contribution is 7.19. The monoisotopic (exact) mass is 656 g/mol. The molecule has 0 unspecified atom stereocenters. The molecule has 1 saturated carbocycles. The topological polar surface area (TPSA) is 98.0 Å². The van der Waals surface area contributed by atoms with Gasteiger partial charge in [-0.05, 0) is 95.6 Å². The maximum atomic E-state index is 12.9. The Labute approximate surface area is 278 Å². The third kappa shape index (κ3) is 7.72. The van der Waals surface area contributed by atoms with Crippen molar-refractivity contribution < 1.29 is 24.9 Å². The van der Waals surface area contributed by atoms with Crippen LogP contribution in [0, 0.1) is 11.8 Å². The van der Waals surface area contributed by atoms with Crippen molar-refractivity contribution in [2.24, 2.45) is 11.8 Å². The normalized spacial score (nSPS) is 21.2. The van der Waals surface area contributed by atoms with Crippen LogP contribution < -0.4 is 10.4 Å². The Morgan fingerprint density at radius 3 is 2.15 bits per heavy atom. The Bertz CT molecular complexity index is 1510. The second-order valence-electron chi connectivity index (χ2n) is 13.7. The lowest BCUT2D eigenvalue weighted by molar-refractivity contribution is -0.137. The molecule has 46 heavy (non-hydrogen) atoms. The zero-order valence-corrected chi connectivity index (χ0v) is 28.8. The fourth-order valence-electron chi connectivity index (χ4n) is 7.66. The van der Waals surface area contributed by atoms with Crippen molar-refractivity contribution in [1.29, 1.82) is 0 Å². The van der Waals surface area contributed by atoms with Crippen LogP contribution in [0.4, 0.5) is 0 Å². The van der Waals surface area contributed by atoms with E-state index in [2.05, 4.69) is 74.5 Å². The molecule has 1 aliphatic rings. The molecule has 5 nitrogen and oxygen atoms in total. The van der Waals surface area contributed by atoms with Gasteiger partial charge in [0.1, 0.15) is 0 Å². The van der Waals surface area contributed by atoms with Crippen LogP contribution in [0.5, 0.6) is 0 Å². The van der Waals surface area contributed by atoms with Gasteiger partial charge in [-0.3, -0.25) is 4.79 Å². The molecule has 1 fully saturated rings. The zero-order chi connectivity index (χ0) is 32.7. The molecule has 0 spiro atoms. The predicted molar refractivity (Wildman–Crippen MR) is 191 cm³/mol. The van der Waals surface area contributed by atoms with Gasteiger partial charge in [0, 0.05) is 16.0 Å². The number of carbonyl (C=O) groups is 1. The molecule has 1 heterocycles. The first-order valence-electron chi connectivity index (χ1n) is 16.6. The molecule has 4 N–H and O–H groups in total. The Kier molecular flexibility index (Phi) is 11.3. The molecule has 1 aromatic heterocycles. The van der Waals surface area contributed by atoms with Crippen molar-refractivity contribution >= 4 is 46.1 Å². The van der Waals surface area contributed by atoms with E-state index < -0.39 is 31.5 Å². The average Bonchev–Trinajstić information content (AvgIpc) is 3.60. The van der Waals surface area contributed by atoms with Crippen LogP contribution in [-0.2, 0) is 4.79 Å². The second kappa shape index (κ2) is 15.2. The maximum absolute atomic E-state index is 12.9. The lowest BCUT2D eigenvalue weighted by Crippen LogP contribution is -2.65. The molecular weight excluding hydrogens is 609 g/mol. The highest BCUT2D eigenvalue weighted by atomic mass is 32.1. The van der Waals surface area contributed by atoms with Crippen LogP contribution in [0.2, 0.25) is 5.04 Å². The summed E-state index contributed by atoms with van der Waals surface area (Å²) in [5.74, 6) is -0.691. The number of aliphatic hydroxyl groups is 2. The first-order chi connectivity index (χ1) is 22.1. The van der Waals surface area contributed by atoms with Crippen molar-refractivity contribution in [3.05, 3.63) is 108 Å². The Balaban J connectivity index is 1.42. The van der Waals surface area contributed by atoms with E-state index in [9.17, 15) is 19.8 Å². The van der Waals surface area contributed by atoms with E-state index in [1.165, 1.54) is 15.0 Å². The molecular formula is C39H48O5SSi. The van der Waals surface area contributed by atoms with E-state index in [4.69, 9.17) is 5.11 Å². The molecule has 4 aromatic rings. The number of aliphatic carboxylic acids is 1. The molecule has 0 saturated heterocycles. The maximum Gasteiger partial charge on any atom is 0.303 e. The Hall–Kier alpha value is -3.07. The zero-order valence-electron chi connectivity index (χ0n) is 27.0. The fraction of sp³-hybridized carbons (Fsp3) is 0.410. The van der Waals surface area contributed by atoms with E-state index in [1.807, 2.05) is 53.8 Å². The molecule has 5 atom stereocenters. The van der Waals surface area contributed by atoms with E-state index in [0.717, 1.165) is 29.6 Å². The van der Waals surface area contributed by atoms with E-state index in [1.54, 1.807) is 0 Å². The predicted octanol–water partition coefficient (Wildman–Crippen LogP) is 7.25. The quantitative estimate of drug-likeness (QED) is 0.0614. The van der Waals surface area contributed by atoms with E-state index >= 15 is 0 Å². The summed E-state index contributed by atoms with van der Waals surface area (Å²) in [4.78, 5) is 25.1. The van der Waals surface area contributed by atoms with Crippen molar-refractivity contribution in [3.8, 4) is 0 Å². The van der Waals surface area contributed by atoms with Gasteiger partial charge in [-0.2, -0.15) is 0 Å². The van der Waals surface area contributed by atoms with E-state index in [0.29, 0.717) is 25.7 Å². The highest BCUT2D eigenvalue weighted by Gasteiger charge is 2.51. The summed E-state index contributed by atoms with van der Waals surface area (Å²) in [6.45, 7) is 4.46. The summed E-state index contributed by atoms with van der Waals surface area (Å²) in [7, 11) is -3.23. The molecule has 5 rings (SSSR count). The summed E-state index contributed by atoms with van der Waals surface area (Å²) < 4.78 is 1.25. The summed E-state index contributed by atoms with van der Waals surface area (Å²) in [5, 5.41) is 33.8. The van der Waals surface area contributed by atoms with Crippen molar-refractivity contribution in [1.82, 2.24) is 0 Å². The third-order valence-corrected chi connectivity index (χ3v) is 16.0. The summed E-state index contributed by atoms with van der Waals surface area (Å²) in [6.07, 6.45) is 7.86. The minimum Gasteiger partial charge on any atom is -0.481 e. The number of thiophene rings is 1. The Morgan fingerprint density at radius 1 is 0.913 bits per heavy atom. The molecule has 0 radical (unpaired) electrons. The smallest absolute Gasteiger partial charge is 0.303 e. The molecule has 0 aliphatic heterocycles. The van der Waals surface area contributed by atoms with Crippen molar-refractivity contribution in [2.45, 2.75) is 88.4 Å². The number of unbranched alkanes of at least 4 members (excludes halogenated alkanes) is 1. The molecule has 244 valence electrons. The molecule has 3 aromatic carbocycles. The number of carboxylic acid groups (broad SMARTS) is 1. The highest BCUT2D eigenvalue weighted by Crippen LogP contribution is 2.49. The number of rotatable bonds is 15. The average molecular weight is 657 g/mol. The first-order valence-corrected chi connectivity index (χ1v) is 19.4. The molecule has 0 bridgehead atoms. The minimum absolute atomic E-state index is 0.0296. The van der Waals surface area contributed by atoms with Crippen molar-refractivity contribution in [2.75, 3.05) is 0 Å². The van der Waals surface area contributed by atoms with Gasteiger partial charge in [-0.1, -0.05) is 105 Å². The van der Waals surface area contributed by atoms with Crippen LogP contribution in [0.3, 0.4) is 0 Å². The summed E-state index contributed by atoms with van der Waals surface area (Å²) in [6, 6.07) is 31.2. The lowest BCUT2D eigenvalue weighted by Gasteiger charge is -2.43. The summed E-state index contributed by atoms with van der Waals surface area (Å²) >= 11 is 1.83. The minimum atomic E-state index is -3.23. The third-order valence-electron chi connectivity index (χ3n) is 10.2. The number of carboxylic acids is 1. The van der Waals surface area contributed by atoms with Crippen LogP contribution in [0.15, 0.2) is 103 Å². The van der Waals surface area contributed by atoms with Gasteiger partial charge in [0.05, 0.1) is 12.2 Å². The van der Waals surface area contributed by atoms with Crippen LogP contribution in [0.1, 0.15) is 76.0 Å². The number of allylic oxidation sites excluding steroid dienone is 2.